The van der Waals surface area contributed by atoms with Crippen LogP contribution in [0.5, 0.6) is 0 Å². The Morgan fingerprint density at radius 3 is 2.28 bits per heavy atom. The van der Waals surface area contributed by atoms with E-state index in [4.69, 9.17) is 11.3 Å². The Morgan fingerprint density at radius 2 is 1.75 bits per heavy atom. The number of rotatable bonds is 5. The molecule has 10 heteroatoms. The highest BCUT2D eigenvalue weighted by Crippen LogP contribution is 2.59. The number of allylic oxidation sites excluding steroid dienone is 1. The second kappa shape index (κ2) is 9.41. The fourth-order valence-electron chi connectivity index (χ4n) is 5.12. The maximum Gasteiger partial charge on any atom is 0.355 e. The third-order valence-corrected chi connectivity index (χ3v) is 9.18. The zero-order chi connectivity index (χ0) is 26.1. The molecule has 1 heterocycles. The maximum absolute atomic E-state index is 14.0. The molecule has 180 valence electrons. The van der Waals surface area contributed by atoms with E-state index in [0.717, 1.165) is 0 Å². The molecule has 1 aliphatic carbocycles. The van der Waals surface area contributed by atoms with Gasteiger partial charge >= 0.3 is 5.54 Å². The SMILES string of the molecule is [C-]#[N+]C1(C#N)[C@@H]2CN(S(=O)(=O)c3ccc(Br)cc3)[C@@H](c3ccccc3)C2=C(OCC)CC1(C#N)C#N. The summed E-state index contributed by atoms with van der Waals surface area (Å²) >= 11 is 3.32. The number of fused-ring (bicyclic) bond motifs is 1. The molecular formula is C26H20BrN5O3S. The van der Waals surface area contributed by atoms with Crippen molar-refractivity contribution in [3.05, 3.63) is 87.4 Å². The number of nitrogens with zero attached hydrogens (tertiary/aromatic N) is 5. The van der Waals surface area contributed by atoms with Gasteiger partial charge in [-0.2, -0.15) is 20.1 Å². The van der Waals surface area contributed by atoms with Crippen LogP contribution in [-0.4, -0.2) is 31.4 Å². The van der Waals surface area contributed by atoms with Crippen LogP contribution in [0.25, 0.3) is 4.85 Å². The van der Waals surface area contributed by atoms with Gasteiger partial charge in [-0.25, -0.2) is 15.0 Å². The molecule has 4 rings (SSSR count). The van der Waals surface area contributed by atoms with Crippen molar-refractivity contribution in [1.82, 2.24) is 4.31 Å². The summed E-state index contributed by atoms with van der Waals surface area (Å²) in [6.07, 6.45) is -0.287. The molecule has 2 aromatic carbocycles. The molecule has 2 aromatic rings. The van der Waals surface area contributed by atoms with Crippen molar-refractivity contribution in [2.75, 3.05) is 13.2 Å². The lowest BCUT2D eigenvalue weighted by molar-refractivity contribution is 0.156. The molecule has 1 saturated heterocycles. The highest BCUT2D eigenvalue weighted by Gasteiger charge is 2.73. The van der Waals surface area contributed by atoms with E-state index >= 15 is 0 Å². The summed E-state index contributed by atoms with van der Waals surface area (Å²) in [5.41, 5.74) is -3.07. The minimum atomic E-state index is -4.12. The summed E-state index contributed by atoms with van der Waals surface area (Å²) in [5, 5.41) is 30.4. The topological polar surface area (TPSA) is 122 Å². The lowest BCUT2D eigenvalue weighted by atomic mass is 9.58. The Hall–Kier alpha value is -3.67. The minimum Gasteiger partial charge on any atom is -0.498 e. The normalized spacial score (nSPS) is 25.1. The fourth-order valence-corrected chi connectivity index (χ4v) is 7.00. The fraction of sp³-hybridized carbons (Fsp3) is 0.308. The molecule has 0 spiro atoms. The minimum absolute atomic E-state index is 0.0426. The van der Waals surface area contributed by atoms with Crippen LogP contribution >= 0.6 is 15.9 Å². The van der Waals surface area contributed by atoms with Gasteiger partial charge in [0.1, 0.15) is 5.76 Å². The van der Waals surface area contributed by atoms with E-state index in [1.807, 2.05) is 18.2 Å². The quantitative estimate of drug-likeness (QED) is 0.486. The Labute approximate surface area is 218 Å². The highest BCUT2D eigenvalue weighted by atomic mass is 79.9. The standard InChI is InChI=1S/C26H20BrN5O3S/c1-3-35-22-13-25(15-28,16-29)26(17-30,31-2)21-14-32(24(23(21)22)18-7-5-4-6-8-18)36(33,34)20-11-9-19(27)10-12-20/h4-12,21,24H,3,13-14H2,1H3/t21-,24+,26?/m1/s1. The van der Waals surface area contributed by atoms with Crippen molar-refractivity contribution < 1.29 is 13.2 Å². The first-order chi connectivity index (χ1) is 17.2. The van der Waals surface area contributed by atoms with Crippen LogP contribution in [0.2, 0.25) is 0 Å². The summed E-state index contributed by atoms with van der Waals surface area (Å²) in [4.78, 5) is 3.63. The zero-order valence-corrected chi connectivity index (χ0v) is 21.6. The molecule has 1 aliphatic heterocycles. The molecule has 0 amide bonds. The van der Waals surface area contributed by atoms with Crippen LogP contribution in [0.4, 0.5) is 0 Å². The van der Waals surface area contributed by atoms with E-state index < -0.39 is 32.9 Å². The van der Waals surface area contributed by atoms with Gasteiger partial charge in [-0.3, -0.25) is 4.85 Å². The van der Waals surface area contributed by atoms with E-state index in [0.29, 0.717) is 15.6 Å². The highest BCUT2D eigenvalue weighted by molar-refractivity contribution is 9.10. The molecule has 0 radical (unpaired) electrons. The number of benzene rings is 2. The number of hydrogen-bond acceptors (Lipinski definition) is 6. The first kappa shape index (κ1) is 25.4. The van der Waals surface area contributed by atoms with Gasteiger partial charge in [-0.15, -0.1) is 0 Å². The molecule has 3 atom stereocenters. The molecule has 36 heavy (non-hydrogen) atoms. The van der Waals surface area contributed by atoms with Gasteiger partial charge in [-0.1, -0.05) is 46.3 Å². The molecule has 0 bridgehead atoms. The van der Waals surface area contributed by atoms with E-state index in [-0.39, 0.29) is 30.2 Å². The van der Waals surface area contributed by atoms with Gasteiger partial charge in [0.2, 0.25) is 15.4 Å². The van der Waals surface area contributed by atoms with Crippen LogP contribution in [0.1, 0.15) is 24.9 Å². The third-order valence-electron chi connectivity index (χ3n) is 6.81. The summed E-state index contributed by atoms with van der Waals surface area (Å²) in [7, 11) is -4.12. The molecule has 8 nitrogen and oxygen atoms in total. The van der Waals surface area contributed by atoms with Crippen LogP contribution in [0.3, 0.4) is 0 Å². The molecule has 0 aromatic heterocycles. The van der Waals surface area contributed by atoms with Gasteiger partial charge in [0, 0.05) is 23.0 Å². The predicted octanol–water partition coefficient (Wildman–Crippen LogP) is 4.72. The Morgan fingerprint density at radius 1 is 1.11 bits per heavy atom. The van der Waals surface area contributed by atoms with Gasteiger partial charge in [0.25, 0.3) is 0 Å². The van der Waals surface area contributed by atoms with E-state index in [1.54, 1.807) is 49.4 Å². The van der Waals surface area contributed by atoms with Crippen molar-refractivity contribution in [3.8, 4) is 18.2 Å². The summed E-state index contributed by atoms with van der Waals surface area (Å²) in [5.74, 6) is -0.771. The van der Waals surface area contributed by atoms with Crippen LogP contribution < -0.4 is 0 Å². The average molecular weight is 562 g/mol. The first-order valence-corrected chi connectivity index (χ1v) is 13.3. The largest absolute Gasteiger partial charge is 0.498 e. The zero-order valence-electron chi connectivity index (χ0n) is 19.2. The second-order valence-corrected chi connectivity index (χ2v) is 11.3. The van der Waals surface area contributed by atoms with Crippen molar-refractivity contribution in [3.63, 3.8) is 0 Å². The molecule has 2 aliphatic rings. The molecule has 0 saturated carbocycles. The summed E-state index contributed by atoms with van der Waals surface area (Å²) in [6.45, 7) is 9.66. The molecule has 1 unspecified atom stereocenters. The average Bonchev–Trinajstić information content (AvgIpc) is 3.32. The van der Waals surface area contributed by atoms with Gasteiger partial charge in [0.15, 0.2) is 6.07 Å². The lowest BCUT2D eigenvalue weighted by Crippen LogP contribution is -2.53. The summed E-state index contributed by atoms with van der Waals surface area (Å²) in [6, 6.07) is 20.0. The number of sulfonamides is 1. The van der Waals surface area contributed by atoms with Crippen molar-refractivity contribution in [1.29, 1.82) is 15.8 Å². The second-order valence-electron chi connectivity index (χ2n) is 8.50. The molecule has 1 fully saturated rings. The van der Waals surface area contributed by atoms with Crippen LogP contribution in [-0.2, 0) is 14.8 Å². The number of hydrogen-bond donors (Lipinski definition) is 0. The lowest BCUT2D eigenvalue weighted by Gasteiger charge is -2.37. The smallest absolute Gasteiger partial charge is 0.355 e. The van der Waals surface area contributed by atoms with Crippen molar-refractivity contribution in [2.45, 2.75) is 29.8 Å². The summed E-state index contributed by atoms with van der Waals surface area (Å²) < 4.78 is 35.8. The Kier molecular flexibility index (Phi) is 6.65. The van der Waals surface area contributed by atoms with Crippen LogP contribution in [0.15, 0.2) is 75.3 Å². The molecular weight excluding hydrogens is 542 g/mol. The van der Waals surface area contributed by atoms with Crippen molar-refractivity contribution >= 4 is 26.0 Å². The first-order valence-electron chi connectivity index (χ1n) is 11.1. The third kappa shape index (κ3) is 3.58. The van der Waals surface area contributed by atoms with E-state index in [2.05, 4.69) is 20.8 Å². The number of nitriles is 3. The van der Waals surface area contributed by atoms with Gasteiger partial charge < -0.3 is 4.74 Å². The van der Waals surface area contributed by atoms with Crippen LogP contribution in [0, 0.1) is 51.9 Å². The predicted molar refractivity (Wildman–Crippen MR) is 133 cm³/mol. The van der Waals surface area contributed by atoms with E-state index in [9.17, 15) is 24.2 Å². The number of halogens is 1. The van der Waals surface area contributed by atoms with E-state index in [1.165, 1.54) is 16.4 Å². The maximum atomic E-state index is 14.0. The monoisotopic (exact) mass is 561 g/mol. The number of ether oxygens (including phenoxy) is 1. The van der Waals surface area contributed by atoms with Gasteiger partial charge in [-0.05, 0) is 36.8 Å². The van der Waals surface area contributed by atoms with Gasteiger partial charge in [0.05, 0.1) is 35.6 Å². The van der Waals surface area contributed by atoms with Crippen molar-refractivity contribution in [2.24, 2.45) is 11.3 Å². The Balaban J connectivity index is 2.05. The Bertz CT molecular complexity index is 1460. The molecule has 0 N–H and O–H groups in total.